The van der Waals surface area contributed by atoms with Gasteiger partial charge in [0, 0.05) is 29.9 Å². The number of hydrogen-bond donors (Lipinski definition) is 0. The van der Waals surface area contributed by atoms with Crippen LogP contribution in [0.15, 0.2) is 48.5 Å². The molecule has 1 atom stereocenters. The van der Waals surface area contributed by atoms with Gasteiger partial charge in [0.2, 0.25) is 0 Å². The van der Waals surface area contributed by atoms with E-state index in [1.807, 2.05) is 17.0 Å². The lowest BCUT2D eigenvalue weighted by Crippen LogP contribution is -2.28. The van der Waals surface area contributed by atoms with E-state index < -0.39 is 11.7 Å². The zero-order chi connectivity index (χ0) is 16.2. The maximum Gasteiger partial charge on any atom is 0.416 e. The van der Waals surface area contributed by atoms with Crippen molar-refractivity contribution < 1.29 is 18.0 Å². The Labute approximate surface area is 130 Å². The monoisotopic (exact) mass is 318 g/mol. The van der Waals surface area contributed by atoms with Gasteiger partial charge in [-0.1, -0.05) is 24.3 Å². The van der Waals surface area contributed by atoms with Crippen LogP contribution >= 0.6 is 0 Å². The van der Waals surface area contributed by atoms with E-state index in [1.54, 1.807) is 23.1 Å². The lowest BCUT2D eigenvalue weighted by atomic mass is 10.1. The van der Waals surface area contributed by atoms with E-state index in [0.717, 1.165) is 17.7 Å². The molecular formula is C17H13F3N2O. The third-order valence-electron chi connectivity index (χ3n) is 4.41. The normalized spacial score (nSPS) is 20.0. The van der Waals surface area contributed by atoms with Crippen molar-refractivity contribution in [1.29, 1.82) is 0 Å². The second kappa shape index (κ2) is 4.75. The third-order valence-corrected chi connectivity index (χ3v) is 4.41. The molecule has 0 aromatic heterocycles. The summed E-state index contributed by atoms with van der Waals surface area (Å²) in [6, 6.07) is 12.5. The molecule has 0 spiro atoms. The van der Waals surface area contributed by atoms with Gasteiger partial charge in [0.1, 0.15) is 6.17 Å². The minimum atomic E-state index is -4.38. The summed E-state index contributed by atoms with van der Waals surface area (Å²) < 4.78 is 38.8. The molecule has 1 unspecified atom stereocenters. The molecule has 2 aliphatic heterocycles. The highest BCUT2D eigenvalue weighted by molar-refractivity contribution is 6.00. The Bertz CT molecular complexity index is 787. The van der Waals surface area contributed by atoms with Crippen LogP contribution in [0.5, 0.6) is 0 Å². The minimum Gasteiger partial charge on any atom is -0.345 e. The number of benzene rings is 2. The van der Waals surface area contributed by atoms with Gasteiger partial charge in [-0.3, -0.25) is 4.79 Å². The van der Waals surface area contributed by atoms with E-state index in [0.29, 0.717) is 24.3 Å². The van der Waals surface area contributed by atoms with Crippen LogP contribution in [0.3, 0.4) is 0 Å². The molecular weight excluding hydrogens is 305 g/mol. The van der Waals surface area contributed by atoms with Gasteiger partial charge in [-0.15, -0.1) is 0 Å². The third kappa shape index (κ3) is 2.09. The van der Waals surface area contributed by atoms with Gasteiger partial charge < -0.3 is 9.80 Å². The molecule has 2 aromatic carbocycles. The van der Waals surface area contributed by atoms with Crippen molar-refractivity contribution in [3.8, 4) is 0 Å². The fraction of sp³-hybridized carbons (Fsp3) is 0.235. The van der Waals surface area contributed by atoms with Crippen LogP contribution in [0, 0.1) is 0 Å². The SMILES string of the molecule is O=C1c2ccccc2C2N1CCN2c1cccc(C(F)(F)F)c1. The maximum absolute atomic E-state index is 12.9. The molecule has 2 heterocycles. The Morgan fingerprint density at radius 2 is 1.70 bits per heavy atom. The summed E-state index contributed by atoms with van der Waals surface area (Å²) in [7, 11) is 0. The molecule has 0 radical (unpaired) electrons. The predicted molar refractivity (Wildman–Crippen MR) is 79.0 cm³/mol. The summed E-state index contributed by atoms with van der Waals surface area (Å²) in [6.45, 7) is 1.03. The van der Waals surface area contributed by atoms with Gasteiger partial charge in [-0.2, -0.15) is 13.2 Å². The summed E-state index contributed by atoms with van der Waals surface area (Å²) in [5.41, 5.74) is 1.30. The standard InChI is InChI=1S/C17H13F3N2O/c18-17(19,20)11-4-3-5-12(10-11)21-8-9-22-15(21)13-6-1-2-7-14(13)16(22)23/h1-7,10,15H,8-9H2. The smallest absolute Gasteiger partial charge is 0.345 e. The molecule has 1 saturated heterocycles. The highest BCUT2D eigenvalue weighted by Gasteiger charge is 2.44. The van der Waals surface area contributed by atoms with Crippen molar-refractivity contribution in [3.63, 3.8) is 0 Å². The van der Waals surface area contributed by atoms with Gasteiger partial charge in [0.25, 0.3) is 5.91 Å². The number of carbonyl (C=O) groups excluding carboxylic acids is 1. The first-order valence-corrected chi connectivity index (χ1v) is 7.30. The number of rotatable bonds is 1. The van der Waals surface area contributed by atoms with E-state index in [4.69, 9.17) is 0 Å². The van der Waals surface area contributed by atoms with Gasteiger partial charge in [0.15, 0.2) is 0 Å². The van der Waals surface area contributed by atoms with Crippen molar-refractivity contribution in [1.82, 2.24) is 4.90 Å². The number of carbonyl (C=O) groups is 1. The minimum absolute atomic E-state index is 0.0555. The van der Waals surface area contributed by atoms with E-state index in [-0.39, 0.29) is 12.1 Å². The van der Waals surface area contributed by atoms with Crippen LogP contribution in [0.1, 0.15) is 27.7 Å². The van der Waals surface area contributed by atoms with Crippen LogP contribution < -0.4 is 4.90 Å². The quantitative estimate of drug-likeness (QED) is 0.801. The van der Waals surface area contributed by atoms with Crippen molar-refractivity contribution in [2.75, 3.05) is 18.0 Å². The van der Waals surface area contributed by atoms with Crippen LogP contribution in [-0.4, -0.2) is 23.9 Å². The number of fused-ring (bicyclic) bond motifs is 3. The van der Waals surface area contributed by atoms with E-state index in [9.17, 15) is 18.0 Å². The Hall–Kier alpha value is -2.50. The first-order chi connectivity index (χ1) is 11.0. The second-order valence-electron chi connectivity index (χ2n) is 5.70. The van der Waals surface area contributed by atoms with Crippen molar-refractivity contribution in [2.24, 2.45) is 0 Å². The van der Waals surface area contributed by atoms with Crippen LogP contribution in [0.2, 0.25) is 0 Å². The number of halogens is 3. The van der Waals surface area contributed by atoms with Crippen molar-refractivity contribution in [3.05, 3.63) is 65.2 Å². The fourth-order valence-corrected chi connectivity index (χ4v) is 3.38. The highest BCUT2D eigenvalue weighted by Crippen LogP contribution is 2.42. The molecule has 0 aliphatic carbocycles. The molecule has 6 heteroatoms. The first-order valence-electron chi connectivity index (χ1n) is 7.30. The number of alkyl halides is 3. The molecule has 0 bridgehead atoms. The summed E-state index contributed by atoms with van der Waals surface area (Å²) in [5, 5.41) is 0. The molecule has 118 valence electrons. The average Bonchev–Trinajstić information content (AvgIpc) is 3.08. The van der Waals surface area contributed by atoms with E-state index >= 15 is 0 Å². The summed E-state index contributed by atoms with van der Waals surface area (Å²) in [5.74, 6) is -0.0555. The Morgan fingerprint density at radius 1 is 0.957 bits per heavy atom. The Kier molecular flexibility index (Phi) is 2.91. The maximum atomic E-state index is 12.9. The van der Waals surface area contributed by atoms with E-state index in [2.05, 4.69) is 0 Å². The lowest BCUT2D eigenvalue weighted by molar-refractivity contribution is -0.137. The summed E-state index contributed by atoms with van der Waals surface area (Å²) in [4.78, 5) is 16.0. The van der Waals surface area contributed by atoms with Crippen LogP contribution in [-0.2, 0) is 6.18 Å². The Morgan fingerprint density at radius 3 is 2.48 bits per heavy atom. The molecule has 4 rings (SSSR count). The van der Waals surface area contributed by atoms with Crippen molar-refractivity contribution in [2.45, 2.75) is 12.3 Å². The molecule has 0 N–H and O–H groups in total. The molecule has 1 amide bonds. The largest absolute Gasteiger partial charge is 0.416 e. The van der Waals surface area contributed by atoms with E-state index in [1.165, 1.54) is 6.07 Å². The molecule has 23 heavy (non-hydrogen) atoms. The molecule has 2 aromatic rings. The second-order valence-corrected chi connectivity index (χ2v) is 5.70. The van der Waals surface area contributed by atoms with Crippen molar-refractivity contribution >= 4 is 11.6 Å². The number of nitrogens with zero attached hydrogens (tertiary/aromatic N) is 2. The van der Waals surface area contributed by atoms with Crippen LogP contribution in [0.4, 0.5) is 18.9 Å². The number of hydrogen-bond acceptors (Lipinski definition) is 2. The highest BCUT2D eigenvalue weighted by atomic mass is 19.4. The van der Waals surface area contributed by atoms with Gasteiger partial charge >= 0.3 is 6.18 Å². The van der Waals surface area contributed by atoms with Gasteiger partial charge in [-0.05, 0) is 24.3 Å². The molecule has 3 nitrogen and oxygen atoms in total. The topological polar surface area (TPSA) is 23.6 Å². The Balaban J connectivity index is 1.76. The molecule has 1 fully saturated rings. The zero-order valence-corrected chi connectivity index (χ0v) is 12.0. The number of anilines is 1. The van der Waals surface area contributed by atoms with Crippen LogP contribution in [0.25, 0.3) is 0 Å². The predicted octanol–water partition coefficient (Wildman–Crippen LogP) is 3.68. The molecule has 2 aliphatic rings. The summed E-state index contributed by atoms with van der Waals surface area (Å²) >= 11 is 0. The lowest BCUT2D eigenvalue weighted by Gasteiger charge is -2.27. The first kappa shape index (κ1) is 14.1. The van der Waals surface area contributed by atoms with Gasteiger partial charge in [-0.25, -0.2) is 0 Å². The zero-order valence-electron chi connectivity index (χ0n) is 12.0. The fourth-order valence-electron chi connectivity index (χ4n) is 3.38. The summed E-state index contributed by atoms with van der Waals surface area (Å²) in [6.07, 6.45) is -4.69. The number of amides is 1. The average molecular weight is 318 g/mol. The molecule has 0 saturated carbocycles. The van der Waals surface area contributed by atoms with Gasteiger partial charge in [0.05, 0.1) is 5.56 Å².